The average molecular weight is 275 g/mol. The zero-order valence-corrected chi connectivity index (χ0v) is 11.7. The number of nitrogens with zero attached hydrogens (tertiary/aromatic N) is 3. The third kappa shape index (κ3) is 2.70. The number of hydrogen-bond acceptors (Lipinski definition) is 5. The zero-order valence-electron chi connectivity index (χ0n) is 11.7. The molecule has 2 heterocycles. The average Bonchev–Trinajstić information content (AvgIpc) is 2.92. The van der Waals surface area contributed by atoms with Crippen LogP contribution in [0.2, 0.25) is 0 Å². The Bertz CT molecular complexity index is 581. The van der Waals surface area contributed by atoms with E-state index in [1.165, 1.54) is 6.20 Å². The Kier molecular flexibility index (Phi) is 4.47. The fraction of sp³-hybridized carbons (Fsp3) is 0.357. The molecule has 20 heavy (non-hydrogen) atoms. The van der Waals surface area contributed by atoms with Crippen molar-refractivity contribution in [1.82, 2.24) is 14.8 Å². The summed E-state index contributed by atoms with van der Waals surface area (Å²) in [5.41, 5.74) is 1.02. The van der Waals surface area contributed by atoms with Crippen molar-refractivity contribution in [2.24, 2.45) is 0 Å². The van der Waals surface area contributed by atoms with Crippen molar-refractivity contribution in [3.63, 3.8) is 0 Å². The lowest BCUT2D eigenvalue weighted by Gasteiger charge is -2.14. The smallest absolute Gasteiger partial charge is 0.341 e. The van der Waals surface area contributed by atoms with Gasteiger partial charge in [-0.1, -0.05) is 6.07 Å². The molecular weight excluding hydrogens is 258 g/mol. The minimum atomic E-state index is -0.409. The Morgan fingerprint density at radius 3 is 2.85 bits per heavy atom. The summed E-state index contributed by atoms with van der Waals surface area (Å²) in [6.45, 7) is 3.92. The second kappa shape index (κ2) is 6.29. The van der Waals surface area contributed by atoms with E-state index in [0.29, 0.717) is 23.7 Å². The van der Waals surface area contributed by atoms with E-state index in [2.05, 4.69) is 10.1 Å². The van der Waals surface area contributed by atoms with E-state index >= 15 is 0 Å². The third-order valence-electron chi connectivity index (χ3n) is 2.91. The van der Waals surface area contributed by atoms with Crippen molar-refractivity contribution in [3.8, 4) is 5.82 Å². The zero-order chi connectivity index (χ0) is 14.5. The minimum absolute atomic E-state index is 0.307. The van der Waals surface area contributed by atoms with Crippen LogP contribution in [0.4, 0.5) is 0 Å². The van der Waals surface area contributed by atoms with E-state index in [9.17, 15) is 4.79 Å². The third-order valence-corrected chi connectivity index (χ3v) is 2.91. The maximum Gasteiger partial charge on any atom is 0.341 e. The molecule has 2 aromatic rings. The predicted octanol–water partition coefficient (Wildman–Crippen LogP) is 2.15. The van der Waals surface area contributed by atoms with Crippen LogP contribution in [0.15, 0.2) is 30.6 Å². The SMILES string of the molecule is CCOC(=O)c1cnn(-c2ccccn2)c1[C@H](C)OC. The van der Waals surface area contributed by atoms with Crippen LogP contribution in [0.1, 0.15) is 36.0 Å². The van der Waals surface area contributed by atoms with Crippen LogP contribution in [-0.4, -0.2) is 34.5 Å². The normalized spacial score (nSPS) is 12.2. The van der Waals surface area contributed by atoms with E-state index in [-0.39, 0.29) is 6.10 Å². The fourth-order valence-corrected chi connectivity index (χ4v) is 1.89. The topological polar surface area (TPSA) is 66.2 Å². The second-order valence-corrected chi connectivity index (χ2v) is 4.14. The summed E-state index contributed by atoms with van der Waals surface area (Å²) in [4.78, 5) is 16.2. The van der Waals surface area contributed by atoms with Crippen LogP contribution >= 0.6 is 0 Å². The Labute approximate surface area is 117 Å². The molecule has 0 unspecified atom stereocenters. The van der Waals surface area contributed by atoms with Gasteiger partial charge in [-0.2, -0.15) is 5.10 Å². The lowest BCUT2D eigenvalue weighted by Crippen LogP contribution is -2.13. The first-order chi connectivity index (χ1) is 9.69. The first kappa shape index (κ1) is 14.2. The lowest BCUT2D eigenvalue weighted by atomic mass is 10.1. The monoisotopic (exact) mass is 275 g/mol. The van der Waals surface area contributed by atoms with Crippen LogP contribution in [0, 0.1) is 0 Å². The predicted molar refractivity (Wildman–Crippen MR) is 72.7 cm³/mol. The van der Waals surface area contributed by atoms with Crippen molar-refractivity contribution >= 4 is 5.97 Å². The summed E-state index contributed by atoms with van der Waals surface area (Å²) in [5, 5.41) is 4.23. The molecule has 106 valence electrons. The Morgan fingerprint density at radius 1 is 1.45 bits per heavy atom. The van der Waals surface area contributed by atoms with E-state index in [0.717, 1.165) is 0 Å². The molecule has 0 bridgehead atoms. The molecule has 0 aliphatic heterocycles. The van der Waals surface area contributed by atoms with Crippen molar-refractivity contribution in [2.75, 3.05) is 13.7 Å². The van der Waals surface area contributed by atoms with E-state index in [4.69, 9.17) is 9.47 Å². The van der Waals surface area contributed by atoms with Gasteiger partial charge in [0, 0.05) is 13.3 Å². The first-order valence-corrected chi connectivity index (χ1v) is 6.38. The molecule has 0 N–H and O–H groups in total. The first-order valence-electron chi connectivity index (χ1n) is 6.38. The van der Waals surface area contributed by atoms with Crippen molar-refractivity contribution in [1.29, 1.82) is 0 Å². The number of carbonyl (C=O) groups excluding carboxylic acids is 1. The van der Waals surface area contributed by atoms with Gasteiger partial charge in [-0.25, -0.2) is 14.5 Å². The van der Waals surface area contributed by atoms with Gasteiger partial charge >= 0.3 is 5.97 Å². The molecule has 0 aliphatic rings. The summed E-state index contributed by atoms with van der Waals surface area (Å²) in [6, 6.07) is 5.49. The van der Waals surface area contributed by atoms with Gasteiger partial charge < -0.3 is 9.47 Å². The summed E-state index contributed by atoms with van der Waals surface area (Å²) < 4.78 is 12.0. The number of pyridine rings is 1. The maximum absolute atomic E-state index is 12.0. The van der Waals surface area contributed by atoms with Crippen LogP contribution in [0.3, 0.4) is 0 Å². The second-order valence-electron chi connectivity index (χ2n) is 4.14. The molecule has 6 heteroatoms. The molecule has 6 nitrogen and oxygen atoms in total. The lowest BCUT2D eigenvalue weighted by molar-refractivity contribution is 0.0514. The fourth-order valence-electron chi connectivity index (χ4n) is 1.89. The van der Waals surface area contributed by atoms with Gasteiger partial charge in [0.25, 0.3) is 0 Å². The van der Waals surface area contributed by atoms with Crippen LogP contribution in [-0.2, 0) is 9.47 Å². The molecule has 0 amide bonds. The maximum atomic E-state index is 12.0. The Morgan fingerprint density at radius 2 is 2.25 bits per heavy atom. The number of ether oxygens (including phenoxy) is 2. The van der Waals surface area contributed by atoms with Gasteiger partial charge in [-0.3, -0.25) is 0 Å². The standard InChI is InChI=1S/C14H17N3O3/c1-4-20-14(18)11-9-16-17(13(11)10(2)19-3)12-7-5-6-8-15-12/h5-10H,4H2,1-3H3/t10-/m0/s1. The number of aromatic nitrogens is 3. The quantitative estimate of drug-likeness (QED) is 0.782. The molecule has 0 radical (unpaired) electrons. The number of rotatable bonds is 5. The summed E-state index contributed by atoms with van der Waals surface area (Å²) in [7, 11) is 1.58. The van der Waals surface area contributed by atoms with Gasteiger partial charge in [0.15, 0.2) is 5.82 Å². The summed E-state index contributed by atoms with van der Waals surface area (Å²) in [5.74, 6) is 0.218. The molecule has 0 spiro atoms. The van der Waals surface area contributed by atoms with E-state index in [1.807, 2.05) is 25.1 Å². The van der Waals surface area contributed by atoms with Gasteiger partial charge in [0.05, 0.1) is 24.6 Å². The minimum Gasteiger partial charge on any atom is -0.462 e. The van der Waals surface area contributed by atoms with Crippen LogP contribution in [0.25, 0.3) is 5.82 Å². The number of hydrogen-bond donors (Lipinski definition) is 0. The molecule has 0 saturated carbocycles. The Hall–Kier alpha value is -2.21. The highest BCUT2D eigenvalue weighted by Gasteiger charge is 2.24. The Balaban J connectivity index is 2.51. The number of methoxy groups -OCH3 is 1. The van der Waals surface area contributed by atoms with Gasteiger partial charge in [0.2, 0.25) is 0 Å². The molecule has 2 aromatic heterocycles. The highest BCUT2D eigenvalue weighted by Crippen LogP contribution is 2.23. The largest absolute Gasteiger partial charge is 0.462 e. The molecular formula is C14H17N3O3. The van der Waals surface area contributed by atoms with Crippen molar-refractivity contribution in [2.45, 2.75) is 20.0 Å². The van der Waals surface area contributed by atoms with Crippen LogP contribution < -0.4 is 0 Å². The summed E-state index contributed by atoms with van der Waals surface area (Å²) in [6.07, 6.45) is 2.85. The van der Waals surface area contributed by atoms with Crippen molar-refractivity contribution < 1.29 is 14.3 Å². The summed E-state index contributed by atoms with van der Waals surface area (Å²) >= 11 is 0. The molecule has 0 fully saturated rings. The van der Waals surface area contributed by atoms with Gasteiger partial charge in [0.1, 0.15) is 5.56 Å². The van der Waals surface area contributed by atoms with Crippen molar-refractivity contribution in [3.05, 3.63) is 41.9 Å². The molecule has 2 rings (SSSR count). The van der Waals surface area contributed by atoms with Gasteiger partial charge in [-0.05, 0) is 26.0 Å². The molecule has 0 saturated heterocycles. The molecule has 1 atom stereocenters. The number of esters is 1. The van der Waals surface area contributed by atoms with E-state index in [1.54, 1.807) is 24.9 Å². The highest BCUT2D eigenvalue weighted by molar-refractivity contribution is 5.90. The van der Waals surface area contributed by atoms with Gasteiger partial charge in [-0.15, -0.1) is 0 Å². The van der Waals surface area contributed by atoms with Crippen LogP contribution in [0.5, 0.6) is 0 Å². The highest BCUT2D eigenvalue weighted by atomic mass is 16.5. The molecule has 0 aromatic carbocycles. The number of carbonyl (C=O) groups is 1. The van der Waals surface area contributed by atoms with E-state index < -0.39 is 5.97 Å². The molecule has 0 aliphatic carbocycles.